The summed E-state index contributed by atoms with van der Waals surface area (Å²) in [5.74, 6) is -0.839. The zero-order valence-corrected chi connectivity index (χ0v) is 14.9. The molecule has 0 aliphatic heterocycles. The van der Waals surface area contributed by atoms with Crippen LogP contribution in [0.4, 0.5) is 5.69 Å². The van der Waals surface area contributed by atoms with E-state index in [1.165, 1.54) is 6.92 Å². The normalized spacial score (nSPS) is 11.3. The molecule has 6 nitrogen and oxygen atoms in total. The van der Waals surface area contributed by atoms with Crippen molar-refractivity contribution in [1.82, 2.24) is 10.6 Å². The topological polar surface area (TPSA) is 87.3 Å². The Morgan fingerprint density at radius 2 is 1.58 bits per heavy atom. The summed E-state index contributed by atoms with van der Waals surface area (Å²) < 4.78 is 0. The quantitative estimate of drug-likeness (QED) is 0.714. The molecule has 2 aromatic carbocycles. The maximum Gasteiger partial charge on any atom is 0.243 e. The summed E-state index contributed by atoms with van der Waals surface area (Å²) in [6, 6.07) is 16.2. The number of amides is 3. The molecule has 26 heavy (non-hydrogen) atoms. The standard InChI is InChI=1S/C20H23N3O3/c1-14-8-10-16(11-9-14)18(22-15(2)24)12-19(25)21-13-20(26)23-17-6-4-3-5-7-17/h3-11,18H,12-13H2,1-2H3,(H,21,25)(H,22,24)(H,23,26). The van der Waals surface area contributed by atoms with Crippen molar-refractivity contribution in [2.45, 2.75) is 26.3 Å². The maximum absolute atomic E-state index is 12.2. The fraction of sp³-hybridized carbons (Fsp3) is 0.250. The minimum atomic E-state index is -0.440. The largest absolute Gasteiger partial charge is 0.349 e. The summed E-state index contributed by atoms with van der Waals surface area (Å²) >= 11 is 0. The first-order chi connectivity index (χ1) is 12.4. The molecular formula is C20H23N3O3. The number of nitrogens with one attached hydrogen (secondary N) is 3. The van der Waals surface area contributed by atoms with Gasteiger partial charge in [-0.05, 0) is 24.6 Å². The molecule has 0 fully saturated rings. The maximum atomic E-state index is 12.2. The molecule has 0 saturated heterocycles. The molecule has 0 spiro atoms. The Kier molecular flexibility index (Phi) is 6.91. The first-order valence-electron chi connectivity index (χ1n) is 8.39. The summed E-state index contributed by atoms with van der Waals surface area (Å²) in [6.07, 6.45) is 0.0568. The van der Waals surface area contributed by atoms with Crippen molar-refractivity contribution in [1.29, 1.82) is 0 Å². The molecule has 0 radical (unpaired) electrons. The van der Waals surface area contributed by atoms with Crippen LogP contribution >= 0.6 is 0 Å². The van der Waals surface area contributed by atoms with Gasteiger partial charge in [-0.25, -0.2) is 0 Å². The zero-order chi connectivity index (χ0) is 18.9. The van der Waals surface area contributed by atoms with E-state index in [4.69, 9.17) is 0 Å². The van der Waals surface area contributed by atoms with Gasteiger partial charge < -0.3 is 16.0 Å². The molecule has 1 atom stereocenters. The molecule has 0 saturated carbocycles. The number of rotatable bonds is 7. The van der Waals surface area contributed by atoms with E-state index in [0.717, 1.165) is 11.1 Å². The number of hydrogen-bond acceptors (Lipinski definition) is 3. The molecular weight excluding hydrogens is 330 g/mol. The van der Waals surface area contributed by atoms with Crippen molar-refractivity contribution < 1.29 is 14.4 Å². The van der Waals surface area contributed by atoms with Crippen LogP contribution in [0.5, 0.6) is 0 Å². The van der Waals surface area contributed by atoms with E-state index in [0.29, 0.717) is 5.69 Å². The lowest BCUT2D eigenvalue weighted by molar-refractivity contribution is -0.125. The van der Waals surface area contributed by atoms with Gasteiger partial charge in [0, 0.05) is 12.6 Å². The third kappa shape index (κ3) is 6.39. The Morgan fingerprint density at radius 1 is 0.923 bits per heavy atom. The minimum absolute atomic E-state index is 0.0568. The number of benzene rings is 2. The fourth-order valence-corrected chi connectivity index (χ4v) is 2.46. The van der Waals surface area contributed by atoms with Crippen LogP contribution in [0.25, 0.3) is 0 Å². The molecule has 0 bridgehead atoms. The van der Waals surface area contributed by atoms with Gasteiger partial charge in [-0.2, -0.15) is 0 Å². The number of para-hydroxylation sites is 1. The molecule has 1 unspecified atom stereocenters. The fourth-order valence-electron chi connectivity index (χ4n) is 2.46. The molecule has 6 heteroatoms. The minimum Gasteiger partial charge on any atom is -0.349 e. The molecule has 2 rings (SSSR count). The first-order valence-corrected chi connectivity index (χ1v) is 8.39. The van der Waals surface area contributed by atoms with E-state index >= 15 is 0 Å². The molecule has 3 amide bonds. The van der Waals surface area contributed by atoms with E-state index in [2.05, 4.69) is 16.0 Å². The molecule has 0 aromatic heterocycles. The predicted octanol–water partition coefficient (Wildman–Crippen LogP) is 2.32. The van der Waals surface area contributed by atoms with E-state index in [-0.39, 0.29) is 30.7 Å². The van der Waals surface area contributed by atoms with Crippen LogP contribution in [0.1, 0.15) is 30.5 Å². The molecule has 136 valence electrons. The molecule has 0 aliphatic carbocycles. The number of hydrogen-bond donors (Lipinski definition) is 3. The van der Waals surface area contributed by atoms with E-state index < -0.39 is 6.04 Å². The van der Waals surface area contributed by atoms with Gasteiger partial charge in [0.15, 0.2) is 0 Å². The van der Waals surface area contributed by atoms with Crippen LogP contribution < -0.4 is 16.0 Å². The van der Waals surface area contributed by atoms with Crippen molar-refractivity contribution in [2.75, 3.05) is 11.9 Å². The predicted molar refractivity (Wildman–Crippen MR) is 100 cm³/mol. The van der Waals surface area contributed by atoms with Gasteiger partial charge in [0.25, 0.3) is 0 Å². The Balaban J connectivity index is 1.89. The number of carbonyl (C=O) groups is 3. The highest BCUT2D eigenvalue weighted by atomic mass is 16.2. The highest BCUT2D eigenvalue weighted by molar-refractivity contribution is 5.94. The summed E-state index contributed by atoms with van der Waals surface area (Å²) in [5, 5.41) is 8.06. The number of anilines is 1. The number of carbonyl (C=O) groups excluding carboxylic acids is 3. The SMILES string of the molecule is CC(=O)NC(CC(=O)NCC(=O)Nc1ccccc1)c1ccc(C)cc1. The summed E-state index contributed by atoms with van der Waals surface area (Å²) in [6.45, 7) is 3.25. The Labute approximate surface area is 153 Å². The van der Waals surface area contributed by atoms with Crippen LogP contribution in [0.2, 0.25) is 0 Å². The van der Waals surface area contributed by atoms with Crippen molar-refractivity contribution in [3.05, 3.63) is 65.7 Å². The smallest absolute Gasteiger partial charge is 0.243 e. The zero-order valence-electron chi connectivity index (χ0n) is 14.9. The molecule has 0 heterocycles. The van der Waals surface area contributed by atoms with Crippen LogP contribution in [0.15, 0.2) is 54.6 Å². The summed E-state index contributed by atoms with van der Waals surface area (Å²) in [7, 11) is 0. The average molecular weight is 353 g/mol. The van der Waals surface area contributed by atoms with Gasteiger partial charge in [-0.15, -0.1) is 0 Å². The van der Waals surface area contributed by atoms with E-state index in [1.54, 1.807) is 12.1 Å². The van der Waals surface area contributed by atoms with E-state index in [1.807, 2.05) is 49.4 Å². The second kappa shape index (κ2) is 9.36. The average Bonchev–Trinajstić information content (AvgIpc) is 2.60. The van der Waals surface area contributed by atoms with Crippen LogP contribution in [-0.2, 0) is 14.4 Å². The highest BCUT2D eigenvalue weighted by Gasteiger charge is 2.17. The van der Waals surface area contributed by atoms with E-state index in [9.17, 15) is 14.4 Å². The third-order valence-electron chi connectivity index (χ3n) is 3.75. The second-order valence-corrected chi connectivity index (χ2v) is 6.06. The Hall–Kier alpha value is -3.15. The number of aryl methyl sites for hydroxylation is 1. The lowest BCUT2D eigenvalue weighted by Gasteiger charge is -2.18. The van der Waals surface area contributed by atoms with Crippen LogP contribution in [-0.4, -0.2) is 24.3 Å². The van der Waals surface area contributed by atoms with Crippen molar-refractivity contribution in [3.8, 4) is 0 Å². The molecule has 0 aliphatic rings. The van der Waals surface area contributed by atoms with Crippen molar-refractivity contribution in [3.63, 3.8) is 0 Å². The van der Waals surface area contributed by atoms with Gasteiger partial charge in [-0.1, -0.05) is 48.0 Å². The van der Waals surface area contributed by atoms with Crippen molar-refractivity contribution in [2.24, 2.45) is 0 Å². The van der Waals surface area contributed by atoms with Gasteiger partial charge in [-0.3, -0.25) is 14.4 Å². The lowest BCUT2D eigenvalue weighted by atomic mass is 10.0. The van der Waals surface area contributed by atoms with Gasteiger partial charge in [0.2, 0.25) is 17.7 Å². The third-order valence-corrected chi connectivity index (χ3v) is 3.75. The van der Waals surface area contributed by atoms with Crippen LogP contribution in [0, 0.1) is 6.92 Å². The van der Waals surface area contributed by atoms with Gasteiger partial charge >= 0.3 is 0 Å². The lowest BCUT2D eigenvalue weighted by Crippen LogP contribution is -2.36. The highest BCUT2D eigenvalue weighted by Crippen LogP contribution is 2.17. The first kappa shape index (κ1) is 19.2. The Morgan fingerprint density at radius 3 is 2.19 bits per heavy atom. The Bertz CT molecular complexity index is 758. The monoisotopic (exact) mass is 353 g/mol. The molecule has 3 N–H and O–H groups in total. The second-order valence-electron chi connectivity index (χ2n) is 6.06. The van der Waals surface area contributed by atoms with Gasteiger partial charge in [0.1, 0.15) is 0 Å². The summed E-state index contributed by atoms with van der Waals surface area (Å²) in [5.41, 5.74) is 2.61. The van der Waals surface area contributed by atoms with Crippen LogP contribution in [0.3, 0.4) is 0 Å². The summed E-state index contributed by atoms with van der Waals surface area (Å²) in [4.78, 5) is 35.5. The van der Waals surface area contributed by atoms with Crippen molar-refractivity contribution >= 4 is 23.4 Å². The van der Waals surface area contributed by atoms with Gasteiger partial charge in [0.05, 0.1) is 19.0 Å². The molecule has 2 aromatic rings.